The first kappa shape index (κ1) is 15.7. The van der Waals surface area contributed by atoms with Gasteiger partial charge in [-0.05, 0) is 51.7 Å². The predicted molar refractivity (Wildman–Crippen MR) is 91.5 cm³/mol. The summed E-state index contributed by atoms with van der Waals surface area (Å²) in [5.74, 6) is -0.250. The van der Waals surface area contributed by atoms with Crippen molar-refractivity contribution in [1.82, 2.24) is 9.97 Å². The summed E-state index contributed by atoms with van der Waals surface area (Å²) in [7, 11) is 0. The number of aromatic nitrogens is 2. The summed E-state index contributed by atoms with van der Waals surface area (Å²) in [5.41, 5.74) is 4.10. The second-order valence-corrected chi connectivity index (χ2v) is 6.15. The summed E-state index contributed by atoms with van der Waals surface area (Å²) < 4.78 is 41.5. The van der Waals surface area contributed by atoms with E-state index in [0.717, 1.165) is 22.1 Å². The fourth-order valence-corrected chi connectivity index (χ4v) is 3.46. The third kappa shape index (κ3) is 3.10. The zero-order valence-electron chi connectivity index (χ0n) is 12.7. The number of nitrogens with one attached hydrogen (secondary N) is 1. The van der Waals surface area contributed by atoms with E-state index in [-0.39, 0.29) is 5.75 Å². The Morgan fingerprint density at radius 3 is 2.68 bits per heavy atom. The van der Waals surface area contributed by atoms with Gasteiger partial charge in [-0.2, -0.15) is 11.3 Å². The maximum absolute atomic E-state index is 12.5. The average molecular weight is 360 g/mol. The van der Waals surface area contributed by atoms with E-state index in [9.17, 15) is 13.2 Å². The van der Waals surface area contributed by atoms with Gasteiger partial charge in [-0.1, -0.05) is 12.1 Å². The smallest absolute Gasteiger partial charge is 0.406 e. The van der Waals surface area contributed by atoms with Crippen molar-refractivity contribution in [3.05, 3.63) is 59.6 Å². The first-order chi connectivity index (χ1) is 12.0. The zero-order valence-corrected chi connectivity index (χ0v) is 13.5. The molecular weight excluding hydrogens is 349 g/mol. The number of benzene rings is 1. The predicted octanol–water partition coefficient (Wildman–Crippen LogP) is 5.86. The van der Waals surface area contributed by atoms with Gasteiger partial charge < -0.3 is 9.72 Å². The molecule has 25 heavy (non-hydrogen) atoms. The van der Waals surface area contributed by atoms with E-state index in [2.05, 4.69) is 14.7 Å². The van der Waals surface area contributed by atoms with Crippen LogP contribution in [-0.4, -0.2) is 16.3 Å². The quantitative estimate of drug-likeness (QED) is 0.497. The van der Waals surface area contributed by atoms with Crippen molar-refractivity contribution in [1.29, 1.82) is 0 Å². The summed E-state index contributed by atoms with van der Waals surface area (Å²) >= 11 is 1.58. The van der Waals surface area contributed by atoms with E-state index >= 15 is 0 Å². The minimum absolute atomic E-state index is 0.250. The Kier molecular flexibility index (Phi) is 3.73. The van der Waals surface area contributed by atoms with Crippen LogP contribution in [0.3, 0.4) is 0 Å². The van der Waals surface area contributed by atoms with Gasteiger partial charge in [0.1, 0.15) is 11.4 Å². The normalized spacial score (nSPS) is 11.8. The summed E-state index contributed by atoms with van der Waals surface area (Å²) in [6.07, 6.45) is -1.26. The lowest BCUT2D eigenvalue weighted by atomic mass is 9.99. The number of hydrogen-bond donors (Lipinski definition) is 1. The molecule has 0 spiro atoms. The van der Waals surface area contributed by atoms with Crippen molar-refractivity contribution in [2.75, 3.05) is 0 Å². The molecule has 0 unspecified atom stereocenters. The van der Waals surface area contributed by atoms with Crippen LogP contribution in [0.2, 0.25) is 0 Å². The van der Waals surface area contributed by atoms with Crippen LogP contribution in [-0.2, 0) is 0 Å². The summed E-state index contributed by atoms with van der Waals surface area (Å²) in [6.45, 7) is 0. The Morgan fingerprint density at radius 2 is 1.92 bits per heavy atom. The van der Waals surface area contributed by atoms with Crippen molar-refractivity contribution in [3.8, 4) is 28.0 Å². The summed E-state index contributed by atoms with van der Waals surface area (Å²) in [6, 6.07) is 9.84. The van der Waals surface area contributed by atoms with Crippen molar-refractivity contribution in [2.45, 2.75) is 6.36 Å². The Labute approximate surface area is 144 Å². The van der Waals surface area contributed by atoms with Crippen LogP contribution in [0.25, 0.3) is 33.3 Å². The number of pyridine rings is 1. The molecule has 1 aromatic carbocycles. The van der Waals surface area contributed by atoms with E-state index in [0.29, 0.717) is 11.2 Å². The fraction of sp³-hybridized carbons (Fsp3) is 0.0556. The number of alkyl halides is 3. The number of rotatable bonds is 3. The van der Waals surface area contributed by atoms with Crippen LogP contribution in [0.4, 0.5) is 13.2 Å². The highest BCUT2D eigenvalue weighted by Gasteiger charge is 2.31. The van der Waals surface area contributed by atoms with E-state index < -0.39 is 6.36 Å². The highest BCUT2D eigenvalue weighted by Crippen LogP contribution is 2.37. The van der Waals surface area contributed by atoms with Crippen LogP contribution in [0.5, 0.6) is 5.75 Å². The van der Waals surface area contributed by atoms with Crippen molar-refractivity contribution in [2.24, 2.45) is 0 Å². The molecular formula is C18H11F3N2OS. The molecule has 3 heterocycles. The minimum atomic E-state index is -4.72. The monoisotopic (exact) mass is 360 g/mol. The first-order valence-electron chi connectivity index (χ1n) is 7.36. The molecule has 0 bridgehead atoms. The number of hydrogen-bond acceptors (Lipinski definition) is 3. The maximum Gasteiger partial charge on any atom is 0.573 e. The molecule has 0 radical (unpaired) electrons. The molecule has 0 saturated heterocycles. The van der Waals surface area contributed by atoms with Crippen molar-refractivity contribution in [3.63, 3.8) is 0 Å². The van der Waals surface area contributed by atoms with Crippen LogP contribution in [0.1, 0.15) is 0 Å². The molecule has 126 valence electrons. The highest BCUT2D eigenvalue weighted by molar-refractivity contribution is 7.08. The second-order valence-electron chi connectivity index (χ2n) is 5.37. The van der Waals surface area contributed by atoms with Gasteiger partial charge in [-0.3, -0.25) is 0 Å². The number of fused-ring (bicyclic) bond motifs is 1. The third-order valence-electron chi connectivity index (χ3n) is 3.78. The Morgan fingerprint density at radius 1 is 1.04 bits per heavy atom. The summed E-state index contributed by atoms with van der Waals surface area (Å²) in [5, 5.41) is 4.87. The van der Waals surface area contributed by atoms with Gasteiger partial charge >= 0.3 is 6.36 Å². The lowest BCUT2D eigenvalue weighted by Crippen LogP contribution is -2.17. The molecule has 0 atom stereocenters. The molecule has 1 N–H and O–H groups in total. The van der Waals surface area contributed by atoms with Crippen LogP contribution >= 0.6 is 11.3 Å². The third-order valence-corrected chi connectivity index (χ3v) is 4.47. The molecule has 0 aliphatic heterocycles. The molecule has 0 fully saturated rings. The number of thiophene rings is 1. The molecule has 0 aliphatic carbocycles. The topological polar surface area (TPSA) is 37.9 Å². The van der Waals surface area contributed by atoms with Gasteiger partial charge in [0.25, 0.3) is 0 Å². The molecule has 3 nitrogen and oxygen atoms in total. The van der Waals surface area contributed by atoms with E-state index in [1.807, 2.05) is 22.9 Å². The lowest BCUT2D eigenvalue weighted by Gasteiger charge is -2.10. The lowest BCUT2D eigenvalue weighted by molar-refractivity contribution is -0.274. The number of ether oxygens (including phenoxy) is 1. The molecule has 4 aromatic rings. The maximum atomic E-state index is 12.5. The number of H-pyrrole nitrogens is 1. The Bertz CT molecular complexity index is 1020. The number of nitrogens with zero attached hydrogens (tertiary/aromatic N) is 1. The SMILES string of the molecule is FC(F)(F)Oc1cccc(-c2c[nH]c3nccc(-c4ccsc4)c23)c1. The second kappa shape index (κ2) is 5.93. The Hall–Kier alpha value is -2.80. The molecule has 0 amide bonds. The van der Waals surface area contributed by atoms with Crippen LogP contribution in [0, 0.1) is 0 Å². The molecule has 0 aliphatic rings. The molecule has 0 saturated carbocycles. The first-order valence-corrected chi connectivity index (χ1v) is 8.30. The van der Waals surface area contributed by atoms with E-state index in [1.165, 1.54) is 18.2 Å². The number of aromatic amines is 1. The standard InChI is InChI=1S/C18H11F3N2OS/c19-18(20,21)24-13-3-1-2-11(8-13)15-9-23-17-16(15)14(4-6-22-17)12-5-7-25-10-12/h1-10H,(H,22,23). The Balaban J connectivity index is 1.87. The highest BCUT2D eigenvalue weighted by atomic mass is 32.1. The average Bonchev–Trinajstić information content (AvgIpc) is 3.23. The fourth-order valence-electron chi connectivity index (χ4n) is 2.80. The van der Waals surface area contributed by atoms with Crippen LogP contribution in [0.15, 0.2) is 59.6 Å². The van der Waals surface area contributed by atoms with E-state index in [1.54, 1.807) is 29.8 Å². The number of halogens is 3. The molecule has 4 rings (SSSR count). The van der Waals surface area contributed by atoms with Gasteiger partial charge in [0.2, 0.25) is 0 Å². The van der Waals surface area contributed by atoms with Crippen molar-refractivity contribution < 1.29 is 17.9 Å². The van der Waals surface area contributed by atoms with Gasteiger partial charge in [0, 0.05) is 23.3 Å². The molecule has 3 aromatic heterocycles. The van der Waals surface area contributed by atoms with Gasteiger partial charge in [0.15, 0.2) is 0 Å². The molecule has 7 heteroatoms. The minimum Gasteiger partial charge on any atom is -0.406 e. The van der Waals surface area contributed by atoms with Crippen molar-refractivity contribution >= 4 is 22.4 Å². The van der Waals surface area contributed by atoms with Gasteiger partial charge in [0.05, 0.1) is 0 Å². The zero-order chi connectivity index (χ0) is 17.4. The van der Waals surface area contributed by atoms with Crippen LogP contribution < -0.4 is 4.74 Å². The largest absolute Gasteiger partial charge is 0.573 e. The van der Waals surface area contributed by atoms with E-state index in [4.69, 9.17) is 0 Å². The summed E-state index contributed by atoms with van der Waals surface area (Å²) in [4.78, 5) is 7.40. The van der Waals surface area contributed by atoms with Gasteiger partial charge in [-0.25, -0.2) is 4.98 Å². The van der Waals surface area contributed by atoms with Gasteiger partial charge in [-0.15, -0.1) is 13.2 Å².